The lowest BCUT2D eigenvalue weighted by Gasteiger charge is -2.09. The smallest absolute Gasteiger partial charge is 0.191 e. The fourth-order valence-electron chi connectivity index (χ4n) is 2.24. The summed E-state index contributed by atoms with van der Waals surface area (Å²) in [6.07, 6.45) is 1.74. The Hall–Kier alpha value is -2.21. The average Bonchev–Trinajstić information content (AvgIpc) is 2.74. The van der Waals surface area contributed by atoms with Gasteiger partial charge in [0.2, 0.25) is 0 Å². The largest absolute Gasteiger partial charge is 0.331 e. The van der Waals surface area contributed by atoms with E-state index in [1.165, 1.54) is 5.56 Å². The van der Waals surface area contributed by atoms with Gasteiger partial charge in [0.25, 0.3) is 0 Å². The van der Waals surface area contributed by atoms with E-state index in [9.17, 15) is 0 Å². The van der Waals surface area contributed by atoms with Gasteiger partial charge in [-0.05, 0) is 49.7 Å². The number of hydrogen-bond acceptors (Lipinski definition) is 3. The normalized spacial score (nSPS) is 11.2. The fraction of sp³-hybridized carbons (Fsp3) is 0.353. The second kappa shape index (κ2) is 7.37. The van der Waals surface area contributed by atoms with E-state index in [0.29, 0.717) is 11.0 Å². The predicted molar refractivity (Wildman–Crippen MR) is 100 cm³/mol. The van der Waals surface area contributed by atoms with Crippen LogP contribution >= 0.6 is 12.2 Å². The summed E-state index contributed by atoms with van der Waals surface area (Å²) < 4.78 is 1.84. The minimum absolute atomic E-state index is 0.456. The minimum Gasteiger partial charge on any atom is -0.331 e. The summed E-state index contributed by atoms with van der Waals surface area (Å²) in [5, 5.41) is 12.1. The van der Waals surface area contributed by atoms with Gasteiger partial charge in [-0.2, -0.15) is 10.2 Å². The molecule has 0 radical (unpaired) electrons. The summed E-state index contributed by atoms with van der Waals surface area (Å²) in [5.74, 6) is 0.518. The Kier molecular flexibility index (Phi) is 5.50. The van der Waals surface area contributed by atoms with Crippen LogP contribution < -0.4 is 10.7 Å². The van der Waals surface area contributed by atoms with Gasteiger partial charge in [-0.3, -0.25) is 10.1 Å². The molecule has 6 heteroatoms. The summed E-state index contributed by atoms with van der Waals surface area (Å²) in [6, 6.07) is 8.23. The molecule has 0 unspecified atom stereocenters. The lowest BCUT2D eigenvalue weighted by molar-refractivity contribution is 0.731. The van der Waals surface area contributed by atoms with Gasteiger partial charge in [-0.1, -0.05) is 26.0 Å². The van der Waals surface area contributed by atoms with Crippen molar-refractivity contribution in [3.05, 3.63) is 46.8 Å². The molecule has 0 bridgehead atoms. The first-order valence-corrected chi connectivity index (χ1v) is 7.99. The first-order valence-electron chi connectivity index (χ1n) is 7.58. The van der Waals surface area contributed by atoms with Crippen LogP contribution in [0.15, 0.2) is 29.4 Å². The van der Waals surface area contributed by atoms with Gasteiger partial charge in [0.1, 0.15) is 0 Å². The highest BCUT2D eigenvalue weighted by Gasteiger charge is 2.06. The van der Waals surface area contributed by atoms with Gasteiger partial charge in [0.05, 0.1) is 11.9 Å². The molecular formula is C17H23N5S. The highest BCUT2D eigenvalue weighted by molar-refractivity contribution is 7.80. The van der Waals surface area contributed by atoms with Crippen molar-refractivity contribution >= 4 is 29.2 Å². The van der Waals surface area contributed by atoms with E-state index in [0.717, 1.165) is 22.6 Å². The number of hydrazone groups is 1. The molecule has 0 aliphatic carbocycles. The maximum Gasteiger partial charge on any atom is 0.191 e. The standard InChI is InChI=1S/C17H23N5S/c1-11(2)14-6-8-15(9-7-14)19-17(23)20-18-10-16-12(3)21-22(5)13(16)4/h6-11H,1-5H3,(H2,19,20,23)/b18-10+. The summed E-state index contributed by atoms with van der Waals surface area (Å²) in [7, 11) is 1.92. The molecule has 23 heavy (non-hydrogen) atoms. The van der Waals surface area contributed by atoms with E-state index in [-0.39, 0.29) is 0 Å². The molecule has 0 spiro atoms. The van der Waals surface area contributed by atoms with Crippen molar-refractivity contribution < 1.29 is 0 Å². The van der Waals surface area contributed by atoms with Crippen LogP contribution in [0.3, 0.4) is 0 Å². The van der Waals surface area contributed by atoms with Gasteiger partial charge in [-0.25, -0.2) is 0 Å². The molecule has 2 rings (SSSR count). The Morgan fingerprint density at radius 2 is 1.91 bits per heavy atom. The third-order valence-corrected chi connectivity index (χ3v) is 3.95. The van der Waals surface area contributed by atoms with Crippen LogP contribution in [0.4, 0.5) is 5.69 Å². The van der Waals surface area contributed by atoms with Crippen molar-refractivity contribution in [2.24, 2.45) is 12.1 Å². The maximum atomic E-state index is 5.25. The first kappa shape index (κ1) is 17.1. The van der Waals surface area contributed by atoms with E-state index in [2.05, 4.69) is 46.9 Å². The van der Waals surface area contributed by atoms with Crippen molar-refractivity contribution in [1.82, 2.24) is 15.2 Å². The van der Waals surface area contributed by atoms with E-state index < -0.39 is 0 Å². The Balaban J connectivity index is 1.93. The van der Waals surface area contributed by atoms with E-state index >= 15 is 0 Å². The van der Waals surface area contributed by atoms with Crippen molar-refractivity contribution in [2.75, 3.05) is 5.32 Å². The Morgan fingerprint density at radius 3 is 2.43 bits per heavy atom. The lowest BCUT2D eigenvalue weighted by Crippen LogP contribution is -2.23. The number of thiocarbonyl (C=S) groups is 1. The third kappa shape index (κ3) is 4.39. The average molecular weight is 329 g/mol. The highest BCUT2D eigenvalue weighted by atomic mass is 32.1. The van der Waals surface area contributed by atoms with Crippen molar-refractivity contribution in [3.8, 4) is 0 Å². The number of benzene rings is 1. The van der Waals surface area contributed by atoms with Crippen LogP contribution in [-0.2, 0) is 7.05 Å². The van der Waals surface area contributed by atoms with E-state index in [1.807, 2.05) is 37.7 Å². The topological polar surface area (TPSA) is 54.2 Å². The molecule has 0 aliphatic rings. The van der Waals surface area contributed by atoms with Crippen LogP contribution in [-0.4, -0.2) is 21.1 Å². The molecular weight excluding hydrogens is 306 g/mol. The van der Waals surface area contributed by atoms with Gasteiger partial charge in [0, 0.05) is 24.0 Å². The number of aromatic nitrogens is 2. The molecule has 0 atom stereocenters. The second-order valence-corrected chi connectivity index (χ2v) is 6.22. The molecule has 1 aromatic carbocycles. The SMILES string of the molecule is Cc1nn(C)c(C)c1/C=N/NC(=S)Nc1ccc(C(C)C)cc1. The lowest BCUT2D eigenvalue weighted by atomic mass is 10.0. The fourth-order valence-corrected chi connectivity index (χ4v) is 2.41. The van der Waals surface area contributed by atoms with Gasteiger partial charge in [0.15, 0.2) is 5.11 Å². The minimum atomic E-state index is 0.456. The van der Waals surface area contributed by atoms with E-state index in [4.69, 9.17) is 12.2 Å². The number of aryl methyl sites for hydroxylation is 2. The Labute approximate surface area is 142 Å². The van der Waals surface area contributed by atoms with Gasteiger partial charge >= 0.3 is 0 Å². The molecule has 2 aromatic rings. The molecule has 0 saturated carbocycles. The molecule has 2 N–H and O–H groups in total. The van der Waals surface area contributed by atoms with E-state index in [1.54, 1.807) is 6.21 Å². The third-order valence-electron chi connectivity index (χ3n) is 3.76. The summed E-state index contributed by atoms with van der Waals surface area (Å²) in [4.78, 5) is 0. The van der Waals surface area contributed by atoms with Crippen molar-refractivity contribution in [2.45, 2.75) is 33.6 Å². The Morgan fingerprint density at radius 1 is 1.26 bits per heavy atom. The highest BCUT2D eigenvalue weighted by Crippen LogP contribution is 2.17. The van der Waals surface area contributed by atoms with Crippen molar-refractivity contribution in [1.29, 1.82) is 0 Å². The second-order valence-electron chi connectivity index (χ2n) is 5.81. The number of anilines is 1. The monoisotopic (exact) mass is 329 g/mol. The summed E-state index contributed by atoms with van der Waals surface area (Å²) in [5.41, 5.74) is 8.09. The van der Waals surface area contributed by atoms with Crippen LogP contribution in [0.1, 0.15) is 42.3 Å². The number of nitrogens with one attached hydrogen (secondary N) is 2. The molecule has 122 valence electrons. The molecule has 5 nitrogen and oxygen atoms in total. The van der Waals surface area contributed by atoms with Crippen LogP contribution in [0.2, 0.25) is 0 Å². The molecule has 1 aromatic heterocycles. The van der Waals surface area contributed by atoms with Gasteiger partial charge in [-0.15, -0.1) is 0 Å². The summed E-state index contributed by atoms with van der Waals surface area (Å²) in [6.45, 7) is 8.31. The first-order chi connectivity index (χ1) is 10.9. The zero-order chi connectivity index (χ0) is 17.0. The number of hydrogen-bond donors (Lipinski definition) is 2. The zero-order valence-electron chi connectivity index (χ0n) is 14.2. The molecule has 0 aliphatic heterocycles. The van der Waals surface area contributed by atoms with Crippen LogP contribution in [0.25, 0.3) is 0 Å². The molecule has 0 fully saturated rings. The zero-order valence-corrected chi connectivity index (χ0v) is 15.0. The molecule has 0 saturated heterocycles. The number of nitrogens with zero attached hydrogens (tertiary/aromatic N) is 3. The molecule has 1 heterocycles. The predicted octanol–water partition coefficient (Wildman–Crippen LogP) is 3.48. The Bertz CT molecular complexity index is 713. The number of rotatable bonds is 4. The quantitative estimate of drug-likeness (QED) is 0.512. The van der Waals surface area contributed by atoms with Crippen LogP contribution in [0.5, 0.6) is 0 Å². The van der Waals surface area contributed by atoms with Crippen LogP contribution in [0, 0.1) is 13.8 Å². The maximum absolute atomic E-state index is 5.25. The summed E-state index contributed by atoms with van der Waals surface area (Å²) >= 11 is 5.25. The molecule has 0 amide bonds. The van der Waals surface area contributed by atoms with Gasteiger partial charge < -0.3 is 5.32 Å². The van der Waals surface area contributed by atoms with Crippen molar-refractivity contribution in [3.63, 3.8) is 0 Å².